The Morgan fingerprint density at radius 2 is 1.93 bits per heavy atom. The molecule has 88 valence electrons. The lowest BCUT2D eigenvalue weighted by atomic mass is 10.3. The average Bonchev–Trinajstić information content (AvgIpc) is 2.65. The van der Waals surface area contributed by atoms with Crippen molar-refractivity contribution in [2.45, 2.75) is 45.8 Å². The van der Waals surface area contributed by atoms with Gasteiger partial charge in [0, 0.05) is 12.6 Å². The highest BCUT2D eigenvalue weighted by atomic mass is 16.6. The fourth-order valence-electron chi connectivity index (χ4n) is 1.80. The third-order valence-corrected chi connectivity index (χ3v) is 2.65. The van der Waals surface area contributed by atoms with Gasteiger partial charge in [-0.1, -0.05) is 0 Å². The smallest absolute Gasteiger partial charge is 0.407 e. The van der Waals surface area contributed by atoms with E-state index in [0.717, 1.165) is 13.1 Å². The summed E-state index contributed by atoms with van der Waals surface area (Å²) in [4.78, 5) is 13.6. The molecule has 0 spiro atoms. The van der Waals surface area contributed by atoms with Gasteiger partial charge in [-0.05, 0) is 46.7 Å². The monoisotopic (exact) mass is 214 g/mol. The van der Waals surface area contributed by atoms with Gasteiger partial charge in [0.2, 0.25) is 0 Å². The second-order valence-corrected chi connectivity index (χ2v) is 4.43. The topological polar surface area (TPSA) is 41.6 Å². The molecule has 1 aliphatic rings. The van der Waals surface area contributed by atoms with Crippen molar-refractivity contribution >= 4 is 6.09 Å². The first-order valence-electron chi connectivity index (χ1n) is 5.78. The molecule has 0 bridgehead atoms. The van der Waals surface area contributed by atoms with Crippen LogP contribution in [0.5, 0.6) is 0 Å². The van der Waals surface area contributed by atoms with E-state index in [0.29, 0.717) is 12.6 Å². The van der Waals surface area contributed by atoms with Crippen LogP contribution in [0.4, 0.5) is 4.79 Å². The van der Waals surface area contributed by atoms with E-state index in [-0.39, 0.29) is 12.2 Å². The molecule has 4 heteroatoms. The molecule has 0 aliphatic carbocycles. The maximum atomic E-state index is 11.2. The molecule has 1 amide bonds. The lowest BCUT2D eigenvalue weighted by Crippen LogP contribution is -2.41. The minimum Gasteiger partial charge on any atom is -0.447 e. The van der Waals surface area contributed by atoms with Gasteiger partial charge in [0.1, 0.15) is 0 Å². The molecule has 4 nitrogen and oxygen atoms in total. The summed E-state index contributed by atoms with van der Waals surface area (Å²) in [6, 6.07) is 0.409. The summed E-state index contributed by atoms with van der Waals surface area (Å²) >= 11 is 0. The van der Waals surface area contributed by atoms with Gasteiger partial charge in [-0.25, -0.2) is 4.79 Å². The molecule has 1 heterocycles. The van der Waals surface area contributed by atoms with Gasteiger partial charge in [0.05, 0.1) is 6.10 Å². The Bertz CT molecular complexity index is 201. The summed E-state index contributed by atoms with van der Waals surface area (Å²) in [7, 11) is 0. The Balaban J connectivity index is 2.15. The molecule has 1 fully saturated rings. The second-order valence-electron chi connectivity index (χ2n) is 4.43. The molecule has 0 aromatic carbocycles. The van der Waals surface area contributed by atoms with Gasteiger partial charge in [-0.2, -0.15) is 0 Å². The number of alkyl carbamates (subject to hydrolysis) is 1. The normalized spacial score (nSPS) is 19.2. The lowest BCUT2D eigenvalue weighted by molar-refractivity contribution is 0.112. The molecule has 1 saturated heterocycles. The molecule has 0 saturated carbocycles. The summed E-state index contributed by atoms with van der Waals surface area (Å²) < 4.78 is 4.99. The SMILES string of the molecule is CC(C)OC(=O)NCC(C)N1CCCC1. The quantitative estimate of drug-likeness (QED) is 0.773. The number of ether oxygens (including phenoxy) is 1. The minimum atomic E-state index is -0.309. The van der Waals surface area contributed by atoms with Crippen LogP contribution >= 0.6 is 0 Å². The Labute approximate surface area is 92.0 Å². The predicted octanol–water partition coefficient (Wildman–Crippen LogP) is 1.61. The first-order chi connectivity index (χ1) is 7.09. The van der Waals surface area contributed by atoms with Gasteiger partial charge in [0.15, 0.2) is 0 Å². The zero-order chi connectivity index (χ0) is 11.3. The standard InChI is InChI=1S/C11H22N2O2/c1-9(2)15-11(14)12-8-10(3)13-6-4-5-7-13/h9-10H,4-8H2,1-3H3,(H,12,14). The van der Waals surface area contributed by atoms with Crippen molar-refractivity contribution in [3.63, 3.8) is 0 Å². The molecule has 1 unspecified atom stereocenters. The zero-order valence-electron chi connectivity index (χ0n) is 9.95. The van der Waals surface area contributed by atoms with Gasteiger partial charge < -0.3 is 10.1 Å². The van der Waals surface area contributed by atoms with E-state index in [1.807, 2.05) is 13.8 Å². The van der Waals surface area contributed by atoms with Gasteiger partial charge in [0.25, 0.3) is 0 Å². The fraction of sp³-hybridized carbons (Fsp3) is 0.909. The van der Waals surface area contributed by atoms with E-state index in [4.69, 9.17) is 4.74 Å². The van der Waals surface area contributed by atoms with E-state index in [9.17, 15) is 4.79 Å². The number of nitrogens with one attached hydrogen (secondary N) is 1. The highest BCUT2D eigenvalue weighted by Crippen LogP contribution is 2.10. The third kappa shape index (κ3) is 4.51. The largest absolute Gasteiger partial charge is 0.447 e. The molecule has 0 aromatic rings. The van der Waals surface area contributed by atoms with Crippen molar-refractivity contribution < 1.29 is 9.53 Å². The summed E-state index contributed by atoms with van der Waals surface area (Å²) in [6.45, 7) is 8.82. The van der Waals surface area contributed by atoms with Crippen molar-refractivity contribution in [2.24, 2.45) is 0 Å². The van der Waals surface area contributed by atoms with E-state index >= 15 is 0 Å². The minimum absolute atomic E-state index is 0.0490. The summed E-state index contributed by atoms with van der Waals surface area (Å²) in [5, 5.41) is 2.79. The van der Waals surface area contributed by atoms with Gasteiger partial charge in [-0.3, -0.25) is 4.90 Å². The molecule has 1 atom stereocenters. The molecule has 1 rings (SSSR count). The highest BCUT2D eigenvalue weighted by molar-refractivity contribution is 5.67. The summed E-state index contributed by atoms with van der Waals surface area (Å²) in [6.07, 6.45) is 2.20. The number of carbonyl (C=O) groups is 1. The lowest BCUT2D eigenvalue weighted by Gasteiger charge is -2.23. The van der Waals surface area contributed by atoms with Gasteiger partial charge >= 0.3 is 6.09 Å². The fourth-order valence-corrected chi connectivity index (χ4v) is 1.80. The Morgan fingerprint density at radius 3 is 2.47 bits per heavy atom. The van der Waals surface area contributed by atoms with Crippen LogP contribution in [0.2, 0.25) is 0 Å². The maximum Gasteiger partial charge on any atom is 0.407 e. The van der Waals surface area contributed by atoms with E-state index in [1.165, 1.54) is 12.8 Å². The number of nitrogens with zero attached hydrogens (tertiary/aromatic N) is 1. The number of hydrogen-bond donors (Lipinski definition) is 1. The average molecular weight is 214 g/mol. The second kappa shape index (κ2) is 5.95. The van der Waals surface area contributed by atoms with Crippen LogP contribution in [0.1, 0.15) is 33.6 Å². The van der Waals surface area contributed by atoms with Crippen LogP contribution < -0.4 is 5.32 Å². The van der Waals surface area contributed by atoms with Crippen molar-refractivity contribution in [3.8, 4) is 0 Å². The van der Waals surface area contributed by atoms with Crippen LogP contribution in [0.15, 0.2) is 0 Å². The molecule has 0 aromatic heterocycles. The maximum absolute atomic E-state index is 11.2. The van der Waals surface area contributed by atoms with E-state index in [1.54, 1.807) is 0 Å². The van der Waals surface area contributed by atoms with Crippen LogP contribution in [0.3, 0.4) is 0 Å². The van der Waals surface area contributed by atoms with Crippen molar-refractivity contribution in [1.29, 1.82) is 0 Å². The summed E-state index contributed by atoms with van der Waals surface area (Å²) in [5.74, 6) is 0. The first kappa shape index (κ1) is 12.3. The summed E-state index contributed by atoms with van der Waals surface area (Å²) in [5.41, 5.74) is 0. The van der Waals surface area contributed by atoms with E-state index < -0.39 is 0 Å². The number of rotatable bonds is 4. The number of carbonyl (C=O) groups excluding carboxylic acids is 1. The molecular formula is C11H22N2O2. The number of amides is 1. The molecule has 15 heavy (non-hydrogen) atoms. The predicted molar refractivity (Wildman–Crippen MR) is 59.9 cm³/mol. The Hall–Kier alpha value is -0.770. The third-order valence-electron chi connectivity index (χ3n) is 2.65. The van der Waals surface area contributed by atoms with Crippen LogP contribution in [-0.4, -0.2) is 42.8 Å². The van der Waals surface area contributed by atoms with E-state index in [2.05, 4.69) is 17.1 Å². The molecule has 1 aliphatic heterocycles. The molecule has 0 radical (unpaired) electrons. The van der Waals surface area contributed by atoms with Crippen molar-refractivity contribution in [2.75, 3.05) is 19.6 Å². The van der Waals surface area contributed by atoms with Gasteiger partial charge in [-0.15, -0.1) is 0 Å². The van der Waals surface area contributed by atoms with Crippen LogP contribution in [0.25, 0.3) is 0 Å². The van der Waals surface area contributed by atoms with Crippen LogP contribution in [-0.2, 0) is 4.74 Å². The molecular weight excluding hydrogens is 192 g/mol. The highest BCUT2D eigenvalue weighted by Gasteiger charge is 2.18. The Kier molecular flexibility index (Phi) is 4.88. The first-order valence-corrected chi connectivity index (χ1v) is 5.78. The Morgan fingerprint density at radius 1 is 1.33 bits per heavy atom. The number of likely N-dealkylation sites (tertiary alicyclic amines) is 1. The van der Waals surface area contributed by atoms with Crippen molar-refractivity contribution in [3.05, 3.63) is 0 Å². The zero-order valence-corrected chi connectivity index (χ0v) is 9.95. The number of hydrogen-bond acceptors (Lipinski definition) is 3. The van der Waals surface area contributed by atoms with Crippen LogP contribution in [0, 0.1) is 0 Å². The van der Waals surface area contributed by atoms with Crippen molar-refractivity contribution in [1.82, 2.24) is 10.2 Å². The molecule has 1 N–H and O–H groups in total.